The number of piperidine rings is 1. The number of hydrogen-bond acceptors (Lipinski definition) is 9. The molecule has 0 saturated carbocycles. The lowest BCUT2D eigenvalue weighted by Crippen LogP contribution is -2.35. The third kappa shape index (κ3) is 10.3. The summed E-state index contributed by atoms with van der Waals surface area (Å²) in [5.74, 6) is -2.60. The molecule has 2 aromatic carbocycles. The number of halogens is 1. The normalized spacial score (nSPS) is 13.8. The molecule has 41 heavy (non-hydrogen) atoms. The number of carboxylic acid groups (broad SMARTS) is 2. The molecule has 1 aromatic heterocycles. The summed E-state index contributed by atoms with van der Waals surface area (Å²) >= 11 is 0. The van der Waals surface area contributed by atoms with Crippen LogP contribution in [-0.4, -0.2) is 67.7 Å². The largest absolute Gasteiger partial charge is 0.478 e. The molecule has 4 rings (SSSR count). The van der Waals surface area contributed by atoms with Crippen molar-refractivity contribution >= 4 is 23.5 Å². The molecule has 0 bridgehead atoms. The van der Waals surface area contributed by atoms with Crippen LogP contribution in [0.15, 0.2) is 65.2 Å². The zero-order chi connectivity index (χ0) is 29.8. The van der Waals surface area contributed by atoms with Crippen molar-refractivity contribution < 1.29 is 38.4 Å². The fourth-order valence-corrected chi connectivity index (χ4v) is 4.05. The maximum absolute atomic E-state index is 13.0. The van der Waals surface area contributed by atoms with E-state index in [1.165, 1.54) is 36.4 Å². The van der Waals surface area contributed by atoms with E-state index in [0.717, 1.165) is 44.5 Å². The van der Waals surface area contributed by atoms with E-state index in [-0.39, 0.29) is 23.2 Å². The third-order valence-corrected chi connectivity index (χ3v) is 6.19. The first-order valence-electron chi connectivity index (χ1n) is 12.6. The number of non-ortho nitro benzene ring substituents is 1. The number of carbonyl (C=O) groups excluding carboxylic acids is 1. The highest BCUT2D eigenvalue weighted by Crippen LogP contribution is 2.22. The van der Waals surface area contributed by atoms with Gasteiger partial charge >= 0.3 is 23.7 Å². The summed E-state index contributed by atoms with van der Waals surface area (Å²) in [6, 6.07) is 12.3. The number of carbonyl (C=O) groups is 3. The third-order valence-electron chi connectivity index (χ3n) is 6.19. The average molecular weight is 570 g/mol. The van der Waals surface area contributed by atoms with Gasteiger partial charge in [-0.2, -0.15) is 4.98 Å². The monoisotopic (exact) mass is 569 g/mol. The van der Waals surface area contributed by atoms with Crippen LogP contribution >= 0.6 is 0 Å². The molecule has 14 heteroatoms. The highest BCUT2D eigenvalue weighted by atomic mass is 19.1. The lowest BCUT2D eigenvalue weighted by atomic mass is 9.93. The molecule has 3 aromatic rings. The van der Waals surface area contributed by atoms with E-state index in [0.29, 0.717) is 30.2 Å². The molecular formula is C27H28FN5O8. The molecule has 0 radical (unpaired) electrons. The maximum Gasteiger partial charge on any atom is 0.328 e. The van der Waals surface area contributed by atoms with E-state index in [4.69, 9.17) is 14.7 Å². The summed E-state index contributed by atoms with van der Waals surface area (Å²) in [5.41, 5.74) is 1.59. The van der Waals surface area contributed by atoms with Crippen LogP contribution in [0.1, 0.15) is 35.5 Å². The summed E-state index contributed by atoms with van der Waals surface area (Å²) in [6.45, 7) is 3.27. The van der Waals surface area contributed by atoms with Gasteiger partial charge in [0.05, 0.1) is 4.92 Å². The molecule has 0 unspecified atom stereocenters. The van der Waals surface area contributed by atoms with E-state index in [1.807, 2.05) is 12.1 Å². The van der Waals surface area contributed by atoms with Gasteiger partial charge in [0.1, 0.15) is 5.82 Å². The predicted molar refractivity (Wildman–Crippen MR) is 142 cm³/mol. The minimum absolute atomic E-state index is 0.0403. The Kier molecular flexibility index (Phi) is 11.2. The molecule has 1 saturated heterocycles. The standard InChI is InChI=1S/C23H24FN5O4.C4H4O4/c24-19-5-1-17(2-6-19)15-28-13-10-16(11-14-28)9-12-25-22(30)23-26-21(27-33-23)18-3-7-20(8-4-18)29(31)32;5-3(6)1-2-4(7)8/h1-8,16H,9-15H2,(H,25,30);1-2H,(H,5,6)(H,7,8)/b;2-1+. The SMILES string of the molecule is O=C(NCCC1CCN(Cc2ccc(F)cc2)CC1)c1nc(-c2ccc([N+](=O)[O-])cc2)no1.O=C(O)/C=C/C(=O)O. The molecule has 0 aliphatic carbocycles. The summed E-state index contributed by atoms with van der Waals surface area (Å²) in [4.78, 5) is 48.1. The van der Waals surface area contributed by atoms with Crippen molar-refractivity contribution in [2.24, 2.45) is 5.92 Å². The van der Waals surface area contributed by atoms with E-state index < -0.39 is 22.8 Å². The van der Waals surface area contributed by atoms with Crippen molar-refractivity contribution in [3.63, 3.8) is 0 Å². The van der Waals surface area contributed by atoms with Crippen LogP contribution < -0.4 is 5.32 Å². The number of nitro benzene ring substituents is 1. The van der Waals surface area contributed by atoms with Crippen LogP contribution in [0.4, 0.5) is 10.1 Å². The molecule has 0 spiro atoms. The zero-order valence-corrected chi connectivity index (χ0v) is 21.8. The molecule has 1 aliphatic heterocycles. The molecule has 216 valence electrons. The molecule has 3 N–H and O–H groups in total. The molecule has 1 aliphatic rings. The number of nitrogens with zero attached hydrogens (tertiary/aromatic N) is 4. The van der Waals surface area contributed by atoms with Crippen LogP contribution in [-0.2, 0) is 16.1 Å². The summed E-state index contributed by atoms with van der Waals surface area (Å²) in [6.07, 6.45) is 4.06. The Morgan fingerprint density at radius 1 is 1.05 bits per heavy atom. The van der Waals surface area contributed by atoms with Gasteiger partial charge in [0.15, 0.2) is 0 Å². The Hall–Kier alpha value is -4.98. The van der Waals surface area contributed by atoms with Crippen molar-refractivity contribution in [2.45, 2.75) is 25.8 Å². The van der Waals surface area contributed by atoms with Gasteiger partial charge in [0, 0.05) is 42.9 Å². The maximum atomic E-state index is 13.0. The highest BCUT2D eigenvalue weighted by molar-refractivity contribution is 5.90. The number of nitro groups is 1. The Balaban J connectivity index is 0.000000507. The smallest absolute Gasteiger partial charge is 0.328 e. The summed E-state index contributed by atoms with van der Waals surface area (Å²) < 4.78 is 18.1. The van der Waals surface area contributed by atoms with Gasteiger partial charge in [0.2, 0.25) is 5.82 Å². The quantitative estimate of drug-likeness (QED) is 0.184. The Bertz CT molecular complexity index is 1350. The minimum atomic E-state index is -1.26. The minimum Gasteiger partial charge on any atom is -0.478 e. The zero-order valence-electron chi connectivity index (χ0n) is 21.8. The second-order valence-electron chi connectivity index (χ2n) is 9.13. The Morgan fingerprint density at radius 3 is 2.22 bits per heavy atom. The van der Waals surface area contributed by atoms with Gasteiger partial charge in [-0.05, 0) is 68.1 Å². The second kappa shape index (κ2) is 15.0. The van der Waals surface area contributed by atoms with E-state index >= 15 is 0 Å². The van der Waals surface area contributed by atoms with E-state index in [9.17, 15) is 28.9 Å². The Morgan fingerprint density at radius 2 is 1.66 bits per heavy atom. The summed E-state index contributed by atoms with van der Waals surface area (Å²) in [7, 11) is 0. The number of likely N-dealkylation sites (tertiary alicyclic amines) is 1. The highest BCUT2D eigenvalue weighted by Gasteiger charge is 2.21. The van der Waals surface area contributed by atoms with Gasteiger partial charge in [-0.25, -0.2) is 14.0 Å². The number of rotatable bonds is 10. The van der Waals surface area contributed by atoms with E-state index in [1.54, 1.807) is 0 Å². The number of hydrogen-bond donors (Lipinski definition) is 3. The second-order valence-corrected chi connectivity index (χ2v) is 9.13. The first-order valence-corrected chi connectivity index (χ1v) is 12.6. The van der Waals surface area contributed by atoms with E-state index in [2.05, 4.69) is 20.4 Å². The summed E-state index contributed by atoms with van der Waals surface area (Å²) in [5, 5.41) is 33.0. The van der Waals surface area contributed by atoms with Crippen LogP contribution in [0.25, 0.3) is 11.4 Å². The van der Waals surface area contributed by atoms with Gasteiger partial charge < -0.3 is 20.1 Å². The molecule has 1 amide bonds. The topological polar surface area (TPSA) is 189 Å². The number of aromatic nitrogens is 2. The van der Waals surface area contributed by atoms with Gasteiger partial charge in [-0.3, -0.25) is 19.8 Å². The fraction of sp³-hybridized carbons (Fsp3) is 0.296. The van der Waals surface area contributed by atoms with Crippen molar-refractivity contribution in [2.75, 3.05) is 19.6 Å². The van der Waals surface area contributed by atoms with Crippen LogP contribution in [0, 0.1) is 21.8 Å². The van der Waals surface area contributed by atoms with Gasteiger partial charge in [0.25, 0.3) is 5.69 Å². The first kappa shape index (κ1) is 30.6. The van der Waals surface area contributed by atoms with Crippen LogP contribution in [0.2, 0.25) is 0 Å². The van der Waals surface area contributed by atoms with Gasteiger partial charge in [-0.1, -0.05) is 17.3 Å². The molecular weight excluding hydrogens is 541 g/mol. The number of carboxylic acids is 2. The first-order chi connectivity index (χ1) is 19.6. The lowest BCUT2D eigenvalue weighted by molar-refractivity contribution is -0.384. The van der Waals surface area contributed by atoms with Crippen LogP contribution in [0.3, 0.4) is 0 Å². The number of benzene rings is 2. The fourth-order valence-electron chi connectivity index (χ4n) is 4.05. The molecule has 13 nitrogen and oxygen atoms in total. The number of amides is 1. The van der Waals surface area contributed by atoms with Crippen LogP contribution in [0.5, 0.6) is 0 Å². The number of aliphatic carboxylic acids is 2. The molecule has 1 fully saturated rings. The predicted octanol–water partition coefficient (Wildman–Crippen LogP) is 3.53. The molecule has 0 atom stereocenters. The lowest BCUT2D eigenvalue weighted by Gasteiger charge is -2.32. The average Bonchev–Trinajstić information content (AvgIpc) is 3.45. The Labute approximate surface area is 233 Å². The van der Waals surface area contributed by atoms with Crippen molar-refractivity contribution in [3.8, 4) is 11.4 Å². The van der Waals surface area contributed by atoms with Crippen molar-refractivity contribution in [1.29, 1.82) is 0 Å². The van der Waals surface area contributed by atoms with Gasteiger partial charge in [-0.15, -0.1) is 0 Å². The molecule has 2 heterocycles. The number of nitrogens with one attached hydrogen (secondary N) is 1. The van der Waals surface area contributed by atoms with Crippen molar-refractivity contribution in [3.05, 3.63) is 88.1 Å². The van der Waals surface area contributed by atoms with Crippen molar-refractivity contribution in [1.82, 2.24) is 20.4 Å².